The molecule has 0 bridgehead atoms. The van der Waals surface area contributed by atoms with E-state index < -0.39 is 16.1 Å². The van der Waals surface area contributed by atoms with Gasteiger partial charge in [-0.25, -0.2) is 18.1 Å². The summed E-state index contributed by atoms with van der Waals surface area (Å²) in [5.41, 5.74) is 8.60. The van der Waals surface area contributed by atoms with Gasteiger partial charge in [-0.05, 0) is 44.4 Å². The molecule has 21 heavy (non-hydrogen) atoms. The first-order chi connectivity index (χ1) is 9.74. The van der Waals surface area contributed by atoms with Crippen molar-refractivity contribution in [2.24, 2.45) is 0 Å². The normalized spacial score (nSPS) is 13.3. The Morgan fingerprint density at radius 2 is 1.95 bits per heavy atom. The number of benzene rings is 1. The summed E-state index contributed by atoms with van der Waals surface area (Å²) >= 11 is 0. The second kappa shape index (κ2) is 5.50. The quantitative estimate of drug-likeness (QED) is 0.751. The maximum absolute atomic E-state index is 12.6. The third-order valence-corrected chi connectivity index (χ3v) is 5.32. The second-order valence-electron chi connectivity index (χ2n) is 5.20. The van der Waals surface area contributed by atoms with E-state index in [0.717, 1.165) is 5.56 Å². The van der Waals surface area contributed by atoms with E-state index in [1.54, 1.807) is 39.2 Å². The summed E-state index contributed by atoms with van der Waals surface area (Å²) in [6.45, 7) is 7.09. The topological polar surface area (TPSA) is 101 Å². The van der Waals surface area contributed by atoms with E-state index in [0.29, 0.717) is 22.6 Å². The van der Waals surface area contributed by atoms with Crippen molar-refractivity contribution in [3.63, 3.8) is 0 Å². The Hall–Kier alpha value is -1.86. The molecule has 0 saturated carbocycles. The van der Waals surface area contributed by atoms with E-state index >= 15 is 0 Å². The molecule has 2 rings (SSSR count). The van der Waals surface area contributed by atoms with Crippen LogP contribution >= 0.6 is 0 Å². The summed E-state index contributed by atoms with van der Waals surface area (Å²) in [5.74, 6) is 0.564. The number of rotatable bonds is 4. The summed E-state index contributed by atoms with van der Waals surface area (Å²) in [6.07, 6.45) is 3.24. The van der Waals surface area contributed by atoms with Crippen LogP contribution in [0.4, 0.5) is 5.69 Å². The number of H-pyrrole nitrogens is 1. The molecule has 0 amide bonds. The van der Waals surface area contributed by atoms with E-state index in [4.69, 9.17) is 5.73 Å². The highest BCUT2D eigenvalue weighted by Gasteiger charge is 2.25. The first-order valence-electron chi connectivity index (χ1n) is 6.62. The van der Waals surface area contributed by atoms with Crippen LogP contribution in [-0.4, -0.2) is 18.4 Å². The minimum Gasteiger partial charge on any atom is -0.398 e. The molecular weight excluding hydrogens is 288 g/mol. The third-order valence-electron chi connectivity index (χ3n) is 3.49. The van der Waals surface area contributed by atoms with Crippen LogP contribution in [0.5, 0.6) is 0 Å². The highest BCUT2D eigenvalue weighted by Crippen LogP contribution is 2.28. The molecule has 0 spiro atoms. The van der Waals surface area contributed by atoms with Crippen LogP contribution in [0.15, 0.2) is 23.4 Å². The standard InChI is InChI=1S/C14H20N4O2S/c1-8-7-9(2)13(10(3)12(8)15)21(19,20)18-11(4)14-16-5-6-17-14/h5-7,11,18H,15H2,1-4H3,(H,16,17). The maximum atomic E-state index is 12.6. The summed E-state index contributed by atoms with van der Waals surface area (Å²) < 4.78 is 27.9. The van der Waals surface area contributed by atoms with Gasteiger partial charge in [0.1, 0.15) is 5.82 Å². The van der Waals surface area contributed by atoms with Crippen molar-refractivity contribution < 1.29 is 8.42 Å². The van der Waals surface area contributed by atoms with Gasteiger partial charge < -0.3 is 10.7 Å². The van der Waals surface area contributed by atoms with Crippen LogP contribution in [0.1, 0.15) is 35.5 Å². The number of hydrogen-bond donors (Lipinski definition) is 3. The minimum absolute atomic E-state index is 0.240. The molecule has 0 fully saturated rings. The number of imidazole rings is 1. The van der Waals surface area contributed by atoms with Gasteiger partial charge in [0.05, 0.1) is 10.9 Å². The lowest BCUT2D eigenvalue weighted by Crippen LogP contribution is -2.29. The Morgan fingerprint density at radius 1 is 1.29 bits per heavy atom. The number of hydrogen-bond acceptors (Lipinski definition) is 4. The van der Waals surface area contributed by atoms with E-state index in [9.17, 15) is 8.42 Å². The molecule has 1 heterocycles. The molecule has 0 aliphatic carbocycles. The van der Waals surface area contributed by atoms with E-state index in [-0.39, 0.29) is 4.90 Å². The van der Waals surface area contributed by atoms with Crippen molar-refractivity contribution in [2.75, 3.05) is 5.73 Å². The number of aryl methyl sites for hydroxylation is 2. The number of nitrogens with one attached hydrogen (secondary N) is 2. The number of sulfonamides is 1. The minimum atomic E-state index is -3.68. The molecule has 6 nitrogen and oxygen atoms in total. The predicted molar refractivity (Wildman–Crippen MR) is 82.4 cm³/mol. The van der Waals surface area contributed by atoms with Gasteiger partial charge in [-0.15, -0.1) is 0 Å². The molecule has 1 aromatic carbocycles. The molecular formula is C14H20N4O2S. The fourth-order valence-electron chi connectivity index (χ4n) is 2.46. The van der Waals surface area contributed by atoms with Crippen molar-refractivity contribution in [1.29, 1.82) is 0 Å². The zero-order valence-electron chi connectivity index (χ0n) is 12.6. The fourth-order valence-corrected chi connectivity index (χ4v) is 4.15. The Balaban J connectivity index is 2.43. The lowest BCUT2D eigenvalue weighted by molar-refractivity contribution is 0.560. The molecule has 1 aromatic heterocycles. The smallest absolute Gasteiger partial charge is 0.241 e. The summed E-state index contributed by atoms with van der Waals surface area (Å²) in [5, 5.41) is 0. The fraction of sp³-hybridized carbons (Fsp3) is 0.357. The molecule has 4 N–H and O–H groups in total. The average molecular weight is 308 g/mol. The van der Waals surface area contributed by atoms with E-state index in [2.05, 4.69) is 14.7 Å². The van der Waals surface area contributed by atoms with E-state index in [1.807, 2.05) is 6.92 Å². The summed E-state index contributed by atoms with van der Waals surface area (Å²) in [4.78, 5) is 7.20. The Labute approximate surface area is 124 Å². The van der Waals surface area contributed by atoms with Gasteiger partial charge in [-0.3, -0.25) is 0 Å². The lowest BCUT2D eigenvalue weighted by Gasteiger charge is -2.18. The molecule has 1 unspecified atom stereocenters. The monoisotopic (exact) mass is 308 g/mol. The predicted octanol–water partition coefficient (Wildman–Crippen LogP) is 1.96. The van der Waals surface area contributed by atoms with Gasteiger partial charge in [0.25, 0.3) is 0 Å². The van der Waals surface area contributed by atoms with Crippen LogP contribution in [0.2, 0.25) is 0 Å². The van der Waals surface area contributed by atoms with Crippen molar-refractivity contribution in [1.82, 2.24) is 14.7 Å². The molecule has 114 valence electrons. The molecule has 0 radical (unpaired) electrons. The Morgan fingerprint density at radius 3 is 2.52 bits per heavy atom. The highest BCUT2D eigenvalue weighted by atomic mass is 32.2. The number of aromatic nitrogens is 2. The van der Waals surface area contributed by atoms with Crippen molar-refractivity contribution in [3.05, 3.63) is 41.0 Å². The number of nitrogens with two attached hydrogens (primary N) is 1. The number of nitrogens with zero attached hydrogens (tertiary/aromatic N) is 1. The number of aromatic amines is 1. The van der Waals surface area contributed by atoms with E-state index in [1.165, 1.54) is 0 Å². The van der Waals surface area contributed by atoms with Crippen LogP contribution < -0.4 is 10.5 Å². The number of nitrogen functional groups attached to an aromatic ring is 1. The first-order valence-corrected chi connectivity index (χ1v) is 8.10. The van der Waals surface area contributed by atoms with Gasteiger partial charge in [0.2, 0.25) is 10.0 Å². The summed E-state index contributed by atoms with van der Waals surface area (Å²) in [7, 11) is -3.68. The SMILES string of the molecule is Cc1cc(C)c(S(=O)(=O)NC(C)c2ncc[nH]2)c(C)c1N. The zero-order valence-corrected chi connectivity index (χ0v) is 13.4. The van der Waals surface area contributed by atoms with Gasteiger partial charge in [0, 0.05) is 18.1 Å². The molecule has 0 aliphatic heterocycles. The largest absolute Gasteiger partial charge is 0.398 e. The average Bonchev–Trinajstić information content (AvgIpc) is 2.89. The lowest BCUT2D eigenvalue weighted by atomic mass is 10.1. The van der Waals surface area contributed by atoms with Crippen molar-refractivity contribution >= 4 is 15.7 Å². The van der Waals surface area contributed by atoms with Gasteiger partial charge >= 0.3 is 0 Å². The van der Waals surface area contributed by atoms with Crippen LogP contribution in [-0.2, 0) is 10.0 Å². The zero-order chi connectivity index (χ0) is 15.8. The molecule has 2 aromatic rings. The molecule has 7 heteroatoms. The summed E-state index contributed by atoms with van der Waals surface area (Å²) in [6, 6.07) is 1.33. The first kappa shape index (κ1) is 15.5. The van der Waals surface area contributed by atoms with Crippen LogP contribution in [0.3, 0.4) is 0 Å². The van der Waals surface area contributed by atoms with Crippen molar-refractivity contribution in [2.45, 2.75) is 38.6 Å². The van der Waals surface area contributed by atoms with Crippen LogP contribution in [0, 0.1) is 20.8 Å². The third kappa shape index (κ3) is 2.93. The highest BCUT2D eigenvalue weighted by molar-refractivity contribution is 7.89. The Kier molecular flexibility index (Phi) is 4.06. The number of anilines is 1. The molecule has 0 aliphatic rings. The van der Waals surface area contributed by atoms with Crippen LogP contribution in [0.25, 0.3) is 0 Å². The van der Waals surface area contributed by atoms with Gasteiger partial charge in [-0.2, -0.15) is 0 Å². The maximum Gasteiger partial charge on any atom is 0.241 e. The molecule has 0 saturated heterocycles. The van der Waals surface area contributed by atoms with Gasteiger partial charge in [0.15, 0.2) is 0 Å². The second-order valence-corrected chi connectivity index (χ2v) is 6.85. The molecule has 1 atom stereocenters. The Bertz CT molecular complexity index is 752. The van der Waals surface area contributed by atoms with Gasteiger partial charge in [-0.1, -0.05) is 6.07 Å². The van der Waals surface area contributed by atoms with Crippen molar-refractivity contribution in [3.8, 4) is 0 Å².